The van der Waals surface area contributed by atoms with Crippen molar-refractivity contribution in [2.75, 3.05) is 6.54 Å². The smallest absolute Gasteiger partial charge is 0.269 e. The van der Waals surface area contributed by atoms with Crippen molar-refractivity contribution in [3.05, 3.63) is 75.3 Å². The van der Waals surface area contributed by atoms with Gasteiger partial charge in [0.2, 0.25) is 5.91 Å². The molecule has 0 saturated carbocycles. The Balaban J connectivity index is 1.99. The fourth-order valence-corrected chi connectivity index (χ4v) is 2.04. The van der Waals surface area contributed by atoms with Crippen LogP contribution in [-0.2, 0) is 0 Å². The summed E-state index contributed by atoms with van der Waals surface area (Å²) in [5.74, 6) is -1.12. The van der Waals surface area contributed by atoms with Crippen LogP contribution in [0.1, 0.15) is 32.4 Å². The highest BCUT2D eigenvalue weighted by Crippen LogP contribution is 2.17. The molecule has 2 rings (SSSR count). The number of aliphatic hydroxyl groups is 1. The number of benzene rings is 2. The molecule has 0 aliphatic heterocycles. The van der Waals surface area contributed by atoms with Crippen LogP contribution in [-0.4, -0.2) is 28.4 Å². The van der Waals surface area contributed by atoms with Gasteiger partial charge in [0.1, 0.15) is 0 Å². The molecular weight excluding hydrogens is 314 g/mol. The van der Waals surface area contributed by atoms with E-state index in [1.165, 1.54) is 48.5 Å². The first-order valence-corrected chi connectivity index (χ1v) is 6.99. The van der Waals surface area contributed by atoms with Crippen LogP contribution in [0.3, 0.4) is 0 Å². The highest BCUT2D eigenvalue weighted by Gasteiger charge is 2.13. The molecule has 2 amide bonds. The Morgan fingerprint density at radius 3 is 2.38 bits per heavy atom. The highest BCUT2D eigenvalue weighted by molar-refractivity contribution is 5.99. The third kappa shape index (κ3) is 4.14. The minimum absolute atomic E-state index is 0.0850. The predicted octanol–water partition coefficient (Wildman–Crippen LogP) is 1.16. The third-order valence-corrected chi connectivity index (χ3v) is 3.35. The largest absolute Gasteiger partial charge is 0.387 e. The Labute approximate surface area is 137 Å². The maximum absolute atomic E-state index is 12.0. The first kappa shape index (κ1) is 17.1. The Morgan fingerprint density at radius 2 is 1.79 bits per heavy atom. The fourth-order valence-electron chi connectivity index (χ4n) is 2.04. The number of carbonyl (C=O) groups is 2. The minimum Gasteiger partial charge on any atom is -0.387 e. The average molecular weight is 329 g/mol. The standard InChI is InChI=1S/C16H15N3O5/c17-15(21)11-2-1-3-12(8-11)16(22)18-9-14(20)10-4-6-13(7-5-10)19(23)24/h1-8,14,20H,9H2,(H2,17,21)(H,18,22). The van der Waals surface area contributed by atoms with E-state index in [1.807, 2.05) is 0 Å². The summed E-state index contributed by atoms with van der Waals surface area (Å²) in [4.78, 5) is 33.2. The highest BCUT2D eigenvalue weighted by atomic mass is 16.6. The number of primary amides is 1. The van der Waals surface area contributed by atoms with Crippen molar-refractivity contribution in [2.24, 2.45) is 5.73 Å². The minimum atomic E-state index is -1.02. The van der Waals surface area contributed by atoms with Crippen molar-refractivity contribution in [1.82, 2.24) is 5.32 Å². The Bertz CT molecular complexity index is 774. The van der Waals surface area contributed by atoms with E-state index in [0.717, 1.165) is 0 Å². The van der Waals surface area contributed by atoms with E-state index < -0.39 is 22.8 Å². The molecule has 0 fully saturated rings. The second-order valence-electron chi connectivity index (χ2n) is 5.02. The second-order valence-corrected chi connectivity index (χ2v) is 5.02. The number of rotatable bonds is 6. The van der Waals surface area contributed by atoms with E-state index in [1.54, 1.807) is 0 Å². The van der Waals surface area contributed by atoms with Gasteiger partial charge in [-0.15, -0.1) is 0 Å². The number of nitro groups is 1. The van der Waals surface area contributed by atoms with Gasteiger partial charge in [-0.25, -0.2) is 0 Å². The SMILES string of the molecule is NC(=O)c1cccc(C(=O)NCC(O)c2ccc([N+](=O)[O-])cc2)c1. The van der Waals surface area contributed by atoms with Gasteiger partial charge in [-0.05, 0) is 35.9 Å². The average Bonchev–Trinajstić information content (AvgIpc) is 2.59. The predicted molar refractivity (Wildman–Crippen MR) is 85.3 cm³/mol. The summed E-state index contributed by atoms with van der Waals surface area (Å²) < 4.78 is 0. The van der Waals surface area contributed by atoms with Crippen molar-refractivity contribution >= 4 is 17.5 Å². The van der Waals surface area contributed by atoms with E-state index in [-0.39, 0.29) is 23.4 Å². The molecule has 4 N–H and O–H groups in total. The molecule has 24 heavy (non-hydrogen) atoms. The van der Waals surface area contributed by atoms with Gasteiger partial charge in [0.25, 0.3) is 11.6 Å². The zero-order chi connectivity index (χ0) is 17.7. The maximum Gasteiger partial charge on any atom is 0.269 e. The van der Waals surface area contributed by atoms with Crippen molar-refractivity contribution in [3.63, 3.8) is 0 Å². The van der Waals surface area contributed by atoms with Gasteiger partial charge in [0.05, 0.1) is 11.0 Å². The molecule has 8 heteroatoms. The number of hydrogen-bond donors (Lipinski definition) is 3. The van der Waals surface area contributed by atoms with Crippen LogP contribution in [0.25, 0.3) is 0 Å². The number of nitro benzene ring substituents is 1. The Hall–Kier alpha value is -3.26. The van der Waals surface area contributed by atoms with E-state index in [9.17, 15) is 24.8 Å². The number of amides is 2. The van der Waals surface area contributed by atoms with E-state index >= 15 is 0 Å². The number of nitrogens with zero attached hydrogens (tertiary/aromatic N) is 1. The molecule has 0 aliphatic carbocycles. The number of nitrogens with two attached hydrogens (primary N) is 1. The number of non-ortho nitro benzene ring substituents is 1. The van der Waals surface area contributed by atoms with Gasteiger partial charge in [-0.2, -0.15) is 0 Å². The molecule has 0 saturated heterocycles. The molecule has 0 radical (unpaired) electrons. The van der Waals surface area contributed by atoms with Gasteiger partial charge in [0.15, 0.2) is 0 Å². The molecule has 0 aromatic heterocycles. The molecule has 2 aromatic carbocycles. The lowest BCUT2D eigenvalue weighted by Gasteiger charge is -2.12. The van der Waals surface area contributed by atoms with Gasteiger partial charge >= 0.3 is 0 Å². The van der Waals surface area contributed by atoms with Crippen LogP contribution in [0.5, 0.6) is 0 Å². The van der Waals surface area contributed by atoms with Gasteiger partial charge < -0.3 is 16.2 Å². The van der Waals surface area contributed by atoms with Crippen LogP contribution in [0.15, 0.2) is 48.5 Å². The lowest BCUT2D eigenvalue weighted by molar-refractivity contribution is -0.384. The summed E-state index contributed by atoms with van der Waals surface area (Å²) in [6, 6.07) is 11.3. The zero-order valence-electron chi connectivity index (χ0n) is 12.5. The third-order valence-electron chi connectivity index (χ3n) is 3.35. The number of aliphatic hydroxyl groups excluding tert-OH is 1. The summed E-state index contributed by atoms with van der Waals surface area (Å²) >= 11 is 0. The normalized spacial score (nSPS) is 11.5. The molecule has 8 nitrogen and oxygen atoms in total. The van der Waals surface area contributed by atoms with Gasteiger partial charge in [-0.1, -0.05) is 6.07 Å². The first-order chi connectivity index (χ1) is 11.4. The lowest BCUT2D eigenvalue weighted by atomic mass is 10.1. The number of carbonyl (C=O) groups excluding carboxylic acids is 2. The van der Waals surface area contributed by atoms with E-state index in [0.29, 0.717) is 5.56 Å². The van der Waals surface area contributed by atoms with Crippen LogP contribution < -0.4 is 11.1 Å². The molecule has 2 aromatic rings. The Morgan fingerprint density at radius 1 is 1.17 bits per heavy atom. The van der Waals surface area contributed by atoms with Crippen LogP contribution in [0.4, 0.5) is 5.69 Å². The summed E-state index contributed by atoms with van der Waals surface area (Å²) in [6.45, 7) is -0.0859. The van der Waals surface area contributed by atoms with Crippen molar-refractivity contribution in [1.29, 1.82) is 0 Å². The molecule has 124 valence electrons. The topological polar surface area (TPSA) is 136 Å². The molecule has 0 bridgehead atoms. The van der Waals surface area contributed by atoms with Crippen molar-refractivity contribution in [3.8, 4) is 0 Å². The van der Waals surface area contributed by atoms with Crippen LogP contribution in [0, 0.1) is 10.1 Å². The maximum atomic E-state index is 12.0. The van der Waals surface area contributed by atoms with Gasteiger partial charge in [0, 0.05) is 29.8 Å². The van der Waals surface area contributed by atoms with E-state index in [2.05, 4.69) is 5.32 Å². The Kier molecular flexibility index (Phi) is 5.23. The fraction of sp³-hybridized carbons (Fsp3) is 0.125. The summed E-state index contributed by atoms with van der Waals surface area (Å²) in [6.07, 6.45) is -1.02. The number of hydrogen-bond acceptors (Lipinski definition) is 5. The van der Waals surface area contributed by atoms with Gasteiger partial charge in [-0.3, -0.25) is 19.7 Å². The van der Waals surface area contributed by atoms with Crippen molar-refractivity contribution < 1.29 is 19.6 Å². The molecule has 1 atom stereocenters. The summed E-state index contributed by atoms with van der Waals surface area (Å²) in [5.41, 5.74) is 5.95. The zero-order valence-corrected chi connectivity index (χ0v) is 12.5. The molecule has 0 heterocycles. The molecule has 1 unspecified atom stereocenters. The molecule has 0 spiro atoms. The molecular formula is C16H15N3O5. The monoisotopic (exact) mass is 329 g/mol. The first-order valence-electron chi connectivity index (χ1n) is 6.99. The quantitative estimate of drug-likeness (QED) is 0.539. The van der Waals surface area contributed by atoms with Crippen LogP contribution >= 0.6 is 0 Å². The van der Waals surface area contributed by atoms with E-state index in [4.69, 9.17) is 5.73 Å². The van der Waals surface area contributed by atoms with Crippen LogP contribution in [0.2, 0.25) is 0 Å². The summed E-state index contributed by atoms with van der Waals surface area (Å²) in [5, 5.41) is 23.1. The van der Waals surface area contributed by atoms with Crippen molar-refractivity contribution in [2.45, 2.75) is 6.10 Å². The number of nitrogens with one attached hydrogen (secondary N) is 1. The lowest BCUT2D eigenvalue weighted by Crippen LogP contribution is -2.28. The molecule has 0 aliphatic rings. The second kappa shape index (κ2) is 7.34. The summed E-state index contributed by atoms with van der Waals surface area (Å²) in [7, 11) is 0.